The maximum atomic E-state index is 8.88. The van der Waals surface area contributed by atoms with Gasteiger partial charge < -0.3 is 24.8 Å². The maximum absolute atomic E-state index is 8.88. The Morgan fingerprint density at radius 1 is 1.28 bits per heavy atom. The van der Waals surface area contributed by atoms with Crippen molar-refractivity contribution in [1.29, 1.82) is 0 Å². The molecule has 0 fully saturated rings. The number of hydrogen-bond donors (Lipinski definition) is 5. The fourth-order valence-corrected chi connectivity index (χ4v) is 0.982. The lowest BCUT2D eigenvalue weighted by Crippen LogP contribution is -2.06. The first-order valence-corrected chi connectivity index (χ1v) is 6.91. The quantitative estimate of drug-likeness (QED) is 0.237. The van der Waals surface area contributed by atoms with Crippen molar-refractivity contribution >= 4 is 13.5 Å². The average molecular weight is 278 g/mol. The molecule has 8 heteroatoms. The molecule has 0 atom stereocenters. The van der Waals surface area contributed by atoms with Gasteiger partial charge in [0.15, 0.2) is 0 Å². The summed E-state index contributed by atoms with van der Waals surface area (Å²) in [5, 5.41) is 0. The Morgan fingerprint density at radius 2 is 1.78 bits per heavy atom. The molecular formula is C10H19N2O5P. The van der Waals surface area contributed by atoms with E-state index < -0.39 is 7.82 Å². The van der Waals surface area contributed by atoms with E-state index in [1.165, 1.54) is 0 Å². The molecule has 1 aromatic rings. The van der Waals surface area contributed by atoms with Crippen molar-refractivity contribution < 1.29 is 24.0 Å². The molecule has 0 aliphatic carbocycles. The monoisotopic (exact) mass is 278 g/mol. The first kappa shape index (κ1) is 16.9. The second kappa shape index (κ2) is 8.91. The maximum Gasteiger partial charge on any atom is 0.466 e. The summed E-state index contributed by atoms with van der Waals surface area (Å²) in [6.07, 6.45) is 2.25. The SMILES string of the molecule is CCCCOc1ccc(NN)cc1.O=P(O)(O)O. The van der Waals surface area contributed by atoms with Gasteiger partial charge in [0.2, 0.25) is 0 Å². The molecule has 0 aromatic heterocycles. The summed E-state index contributed by atoms with van der Waals surface area (Å²) >= 11 is 0. The van der Waals surface area contributed by atoms with E-state index in [9.17, 15) is 0 Å². The summed E-state index contributed by atoms with van der Waals surface area (Å²) in [7, 11) is -4.64. The molecule has 104 valence electrons. The highest BCUT2D eigenvalue weighted by Gasteiger charge is 2.00. The molecule has 0 bridgehead atoms. The van der Waals surface area contributed by atoms with Crippen molar-refractivity contribution in [3.05, 3.63) is 24.3 Å². The van der Waals surface area contributed by atoms with Crippen molar-refractivity contribution in [2.75, 3.05) is 12.0 Å². The molecule has 7 nitrogen and oxygen atoms in total. The molecule has 0 heterocycles. The highest BCUT2D eigenvalue weighted by molar-refractivity contribution is 7.45. The predicted octanol–water partition coefficient (Wildman–Crippen LogP) is 1.22. The van der Waals surface area contributed by atoms with Crippen LogP contribution in [0.15, 0.2) is 24.3 Å². The van der Waals surface area contributed by atoms with Crippen molar-refractivity contribution in [2.45, 2.75) is 19.8 Å². The van der Waals surface area contributed by atoms with Crippen molar-refractivity contribution in [1.82, 2.24) is 0 Å². The molecule has 0 radical (unpaired) electrons. The van der Waals surface area contributed by atoms with Crippen molar-refractivity contribution in [3.63, 3.8) is 0 Å². The summed E-state index contributed by atoms with van der Waals surface area (Å²) < 4.78 is 14.4. The number of benzene rings is 1. The standard InChI is InChI=1S/C10H16N2O.H3O4P/c1-2-3-8-13-10-6-4-9(12-11)5-7-10;1-5(2,3)4/h4-7,12H,2-3,8,11H2,1H3;(H3,1,2,3,4). The van der Waals surface area contributed by atoms with E-state index in [1.54, 1.807) is 0 Å². The number of anilines is 1. The number of phosphoric acid groups is 1. The summed E-state index contributed by atoms with van der Waals surface area (Å²) in [6.45, 7) is 2.93. The van der Waals surface area contributed by atoms with Gasteiger partial charge in [-0.2, -0.15) is 0 Å². The Kier molecular flexibility index (Phi) is 8.36. The second-order valence-electron chi connectivity index (χ2n) is 3.38. The van der Waals surface area contributed by atoms with Crippen LogP contribution < -0.4 is 16.0 Å². The molecule has 0 saturated heterocycles. The Bertz CT molecular complexity index is 357. The number of hydrazine groups is 1. The zero-order valence-corrected chi connectivity index (χ0v) is 11.0. The fourth-order valence-electron chi connectivity index (χ4n) is 0.982. The van der Waals surface area contributed by atoms with E-state index in [0.717, 1.165) is 30.9 Å². The van der Waals surface area contributed by atoms with Gasteiger partial charge >= 0.3 is 7.82 Å². The molecule has 6 N–H and O–H groups in total. The predicted molar refractivity (Wildman–Crippen MR) is 68.9 cm³/mol. The van der Waals surface area contributed by atoms with E-state index >= 15 is 0 Å². The Hall–Kier alpha value is -1.11. The molecule has 0 spiro atoms. The van der Waals surface area contributed by atoms with E-state index in [2.05, 4.69) is 12.3 Å². The van der Waals surface area contributed by atoms with Gasteiger partial charge in [-0.25, -0.2) is 4.57 Å². The fraction of sp³-hybridized carbons (Fsp3) is 0.400. The van der Waals surface area contributed by atoms with E-state index in [-0.39, 0.29) is 0 Å². The first-order chi connectivity index (χ1) is 8.36. The normalized spacial score (nSPS) is 10.3. The van der Waals surface area contributed by atoms with Crippen LogP contribution in [0.5, 0.6) is 5.75 Å². The van der Waals surface area contributed by atoms with Gasteiger partial charge in [-0.15, -0.1) is 0 Å². The number of unbranched alkanes of at least 4 members (excludes halogenated alkanes) is 1. The minimum Gasteiger partial charge on any atom is -0.494 e. The highest BCUT2D eigenvalue weighted by Crippen LogP contribution is 2.25. The summed E-state index contributed by atoms with van der Waals surface area (Å²) in [4.78, 5) is 21.6. The molecule has 0 saturated carbocycles. The van der Waals surface area contributed by atoms with Crippen molar-refractivity contribution in [2.24, 2.45) is 5.84 Å². The molecule has 0 aliphatic heterocycles. The highest BCUT2D eigenvalue weighted by atomic mass is 31.2. The minimum atomic E-state index is -4.64. The number of ether oxygens (including phenoxy) is 1. The average Bonchev–Trinajstić information content (AvgIpc) is 2.28. The van der Waals surface area contributed by atoms with Crippen LogP contribution in [0.25, 0.3) is 0 Å². The molecule has 0 amide bonds. The number of nitrogens with one attached hydrogen (secondary N) is 1. The minimum absolute atomic E-state index is 0.784. The third-order valence-electron chi connectivity index (χ3n) is 1.79. The Labute approximate surface area is 106 Å². The lowest BCUT2D eigenvalue weighted by atomic mass is 10.3. The Balaban J connectivity index is 0.000000494. The number of nitrogens with two attached hydrogens (primary N) is 1. The van der Waals surface area contributed by atoms with Crippen LogP contribution in [0.4, 0.5) is 5.69 Å². The zero-order chi connectivity index (χ0) is 14.0. The van der Waals surface area contributed by atoms with Crippen LogP contribution in [0.2, 0.25) is 0 Å². The Morgan fingerprint density at radius 3 is 2.17 bits per heavy atom. The molecule has 1 rings (SSSR count). The van der Waals surface area contributed by atoms with Crippen LogP contribution >= 0.6 is 7.82 Å². The van der Waals surface area contributed by atoms with Crippen LogP contribution in [0.1, 0.15) is 19.8 Å². The molecule has 18 heavy (non-hydrogen) atoms. The number of rotatable bonds is 5. The van der Waals surface area contributed by atoms with Gasteiger partial charge in [-0.1, -0.05) is 13.3 Å². The van der Waals surface area contributed by atoms with Crippen LogP contribution in [0.3, 0.4) is 0 Å². The van der Waals surface area contributed by atoms with Crippen LogP contribution in [-0.4, -0.2) is 21.3 Å². The van der Waals surface area contributed by atoms with Gasteiger partial charge in [-0.3, -0.25) is 5.84 Å². The van der Waals surface area contributed by atoms with E-state index in [4.69, 9.17) is 29.8 Å². The molecule has 0 aliphatic rings. The lowest BCUT2D eigenvalue weighted by Gasteiger charge is -2.05. The number of nitrogen functional groups attached to an aromatic ring is 1. The van der Waals surface area contributed by atoms with Gasteiger partial charge in [0.1, 0.15) is 5.75 Å². The van der Waals surface area contributed by atoms with Gasteiger partial charge in [0.25, 0.3) is 0 Å². The van der Waals surface area contributed by atoms with Crippen LogP contribution in [-0.2, 0) is 4.57 Å². The summed E-state index contributed by atoms with van der Waals surface area (Å²) in [5.41, 5.74) is 3.46. The van der Waals surface area contributed by atoms with E-state index in [1.807, 2.05) is 24.3 Å². The smallest absolute Gasteiger partial charge is 0.466 e. The first-order valence-electron chi connectivity index (χ1n) is 5.34. The summed E-state index contributed by atoms with van der Waals surface area (Å²) in [6, 6.07) is 7.60. The second-order valence-corrected chi connectivity index (χ2v) is 4.41. The van der Waals surface area contributed by atoms with Gasteiger partial charge in [0.05, 0.1) is 6.61 Å². The van der Waals surface area contributed by atoms with E-state index in [0.29, 0.717) is 0 Å². The zero-order valence-electron chi connectivity index (χ0n) is 10.1. The lowest BCUT2D eigenvalue weighted by molar-refractivity contribution is 0.275. The molecule has 0 unspecified atom stereocenters. The largest absolute Gasteiger partial charge is 0.494 e. The molecular weight excluding hydrogens is 259 g/mol. The van der Waals surface area contributed by atoms with Gasteiger partial charge in [0, 0.05) is 5.69 Å². The van der Waals surface area contributed by atoms with Crippen LogP contribution in [0, 0.1) is 0 Å². The van der Waals surface area contributed by atoms with Gasteiger partial charge in [-0.05, 0) is 30.7 Å². The molecule has 1 aromatic carbocycles. The third-order valence-corrected chi connectivity index (χ3v) is 1.79. The third kappa shape index (κ3) is 11.4. The topological polar surface area (TPSA) is 125 Å². The number of hydrogen-bond acceptors (Lipinski definition) is 4. The van der Waals surface area contributed by atoms with Crippen molar-refractivity contribution in [3.8, 4) is 5.75 Å². The summed E-state index contributed by atoms with van der Waals surface area (Å²) in [5.74, 6) is 6.13.